The molecule has 2 saturated heterocycles. The van der Waals surface area contributed by atoms with Gasteiger partial charge in [-0.05, 0) is 42.7 Å². The predicted molar refractivity (Wildman–Crippen MR) is 136 cm³/mol. The van der Waals surface area contributed by atoms with Gasteiger partial charge in [0.25, 0.3) is 0 Å². The summed E-state index contributed by atoms with van der Waals surface area (Å²) in [6, 6.07) is 7.84. The summed E-state index contributed by atoms with van der Waals surface area (Å²) in [7, 11) is 0. The molecular weight excluding hydrogens is 481 g/mol. The molecule has 1 amide bonds. The molecule has 5 atom stereocenters. The van der Waals surface area contributed by atoms with Gasteiger partial charge in [-0.2, -0.15) is 0 Å². The molecule has 5 unspecified atom stereocenters. The summed E-state index contributed by atoms with van der Waals surface area (Å²) >= 11 is 0. The highest BCUT2D eigenvalue weighted by Gasteiger charge is 2.46. The molecule has 9 nitrogen and oxygen atoms in total. The van der Waals surface area contributed by atoms with Gasteiger partial charge in [0.1, 0.15) is 18.3 Å². The number of halogens is 1. The summed E-state index contributed by atoms with van der Waals surface area (Å²) in [5.74, 6) is -0.242. The maximum absolute atomic E-state index is 14.1. The van der Waals surface area contributed by atoms with Crippen molar-refractivity contribution in [2.45, 2.75) is 83.1 Å². The first kappa shape index (κ1) is 29.0. The van der Waals surface area contributed by atoms with E-state index in [1.54, 1.807) is 0 Å². The molecule has 0 spiro atoms. The van der Waals surface area contributed by atoms with Crippen LogP contribution in [0.15, 0.2) is 35.5 Å². The molecule has 2 aliphatic heterocycles. The number of hydrogen-bond donors (Lipinski definition) is 5. The van der Waals surface area contributed by atoms with Gasteiger partial charge in [0.05, 0.1) is 6.61 Å². The second kappa shape index (κ2) is 13.3. The predicted octanol–water partition coefficient (Wildman–Crippen LogP) is 1.81. The molecule has 6 N–H and O–H groups in total. The topological polar surface area (TPSA) is 149 Å². The third-order valence-electron chi connectivity index (χ3n) is 7.00. The maximum atomic E-state index is 14.1. The number of aliphatic hydroxyl groups excluding tert-OH is 3. The third kappa shape index (κ3) is 7.50. The van der Waals surface area contributed by atoms with Gasteiger partial charge in [-0.3, -0.25) is 10.2 Å². The zero-order valence-electron chi connectivity index (χ0n) is 21.6. The van der Waals surface area contributed by atoms with Crippen molar-refractivity contribution in [3.8, 4) is 0 Å². The van der Waals surface area contributed by atoms with Crippen LogP contribution in [0.25, 0.3) is 0 Å². The number of benzene rings is 1. The lowest BCUT2D eigenvalue weighted by Crippen LogP contribution is -2.58. The molecule has 2 aliphatic rings. The molecule has 2 heterocycles. The van der Waals surface area contributed by atoms with E-state index in [2.05, 4.69) is 0 Å². The fourth-order valence-corrected chi connectivity index (χ4v) is 4.58. The second-order valence-corrected chi connectivity index (χ2v) is 10.1. The number of likely N-dealkylation sites (tertiary alicyclic amines) is 1. The van der Waals surface area contributed by atoms with Crippen molar-refractivity contribution < 1.29 is 34.0 Å². The Kier molecular flexibility index (Phi) is 10.5. The smallest absolute Gasteiger partial charge is 0.231 e. The largest absolute Gasteiger partial charge is 0.445 e. The fourth-order valence-electron chi connectivity index (χ4n) is 4.58. The van der Waals surface area contributed by atoms with Crippen LogP contribution in [0.1, 0.15) is 50.7 Å². The zero-order chi connectivity index (χ0) is 27.1. The van der Waals surface area contributed by atoms with Gasteiger partial charge in [-0.1, -0.05) is 38.1 Å². The number of nitrogens with two attached hydrogens (primary N) is 1. The number of hydrogen-bond acceptors (Lipinski definition) is 8. The van der Waals surface area contributed by atoms with Crippen LogP contribution in [0, 0.1) is 11.3 Å². The fraction of sp³-hybridized carbons (Fsp3) is 0.630. The van der Waals surface area contributed by atoms with E-state index in [-0.39, 0.29) is 24.1 Å². The number of aryl methyl sites for hydroxylation is 1. The quantitative estimate of drug-likeness (QED) is 0.233. The van der Waals surface area contributed by atoms with Crippen molar-refractivity contribution in [1.29, 1.82) is 5.41 Å². The Morgan fingerprint density at radius 1 is 1.19 bits per heavy atom. The Bertz CT molecular complexity index is 946. The van der Waals surface area contributed by atoms with E-state index in [1.165, 1.54) is 0 Å². The highest BCUT2D eigenvalue weighted by atomic mass is 19.1. The van der Waals surface area contributed by atoms with E-state index in [9.17, 15) is 24.5 Å². The third-order valence-corrected chi connectivity index (χ3v) is 7.00. The first-order chi connectivity index (χ1) is 17.6. The van der Waals surface area contributed by atoms with Gasteiger partial charge in [0.15, 0.2) is 6.17 Å². The van der Waals surface area contributed by atoms with Crippen molar-refractivity contribution in [3.63, 3.8) is 0 Å². The highest BCUT2D eigenvalue weighted by Crippen LogP contribution is 2.26. The average molecular weight is 522 g/mol. The molecule has 10 heteroatoms. The molecule has 206 valence electrons. The minimum absolute atomic E-state index is 0.102. The van der Waals surface area contributed by atoms with Gasteiger partial charge in [0, 0.05) is 37.2 Å². The highest BCUT2D eigenvalue weighted by molar-refractivity contribution is 5.92. The Labute approximate surface area is 217 Å². The summed E-state index contributed by atoms with van der Waals surface area (Å²) in [4.78, 5) is 14.2. The summed E-state index contributed by atoms with van der Waals surface area (Å²) in [5, 5.41) is 38.0. The van der Waals surface area contributed by atoms with Crippen LogP contribution in [-0.4, -0.2) is 82.5 Å². The van der Waals surface area contributed by atoms with E-state index in [0.717, 1.165) is 49.9 Å². The molecule has 0 saturated carbocycles. The van der Waals surface area contributed by atoms with Crippen LogP contribution < -0.4 is 5.73 Å². The number of nitrogens with one attached hydrogen (secondary N) is 1. The normalized spacial score (nSPS) is 26.8. The molecule has 3 rings (SSSR count). The van der Waals surface area contributed by atoms with E-state index < -0.39 is 37.4 Å². The van der Waals surface area contributed by atoms with Gasteiger partial charge in [-0.25, -0.2) is 4.39 Å². The molecule has 0 bridgehead atoms. The molecule has 0 aromatic heterocycles. The van der Waals surface area contributed by atoms with Crippen molar-refractivity contribution in [1.82, 2.24) is 4.90 Å². The monoisotopic (exact) mass is 521 g/mol. The van der Waals surface area contributed by atoms with Crippen molar-refractivity contribution >= 4 is 11.8 Å². The van der Waals surface area contributed by atoms with Crippen LogP contribution in [-0.2, 0) is 27.1 Å². The van der Waals surface area contributed by atoms with Crippen molar-refractivity contribution in [2.75, 3.05) is 19.7 Å². The molecule has 2 fully saturated rings. The lowest BCUT2D eigenvalue weighted by molar-refractivity contribution is -0.269. The van der Waals surface area contributed by atoms with E-state index in [4.69, 9.17) is 20.6 Å². The van der Waals surface area contributed by atoms with Gasteiger partial charge in [0.2, 0.25) is 18.1 Å². The Hall–Kier alpha value is -2.53. The van der Waals surface area contributed by atoms with Crippen LogP contribution in [0.4, 0.5) is 4.39 Å². The number of carbonyl (C=O) groups is 1. The number of nitrogens with zero attached hydrogens (tertiary/aromatic N) is 1. The Balaban J connectivity index is 1.62. The zero-order valence-corrected chi connectivity index (χ0v) is 21.6. The number of amides is 1. The standard InChI is InChI=1S/C27H40FN3O6/c1-16(2)23(29)19(26(30)37-27-25(35)24(34)22(28)20(15-32)36-27)14-18-10-8-17(9-11-18)6-5-7-21(33)31-12-3-4-13-31/h8-11,16,20,22,24-25,27,30,32,34-35H,3-7,12-15,29H2,1-2H3/b23-19-,30-26?. The number of aliphatic hydroxyl groups is 3. The average Bonchev–Trinajstić information content (AvgIpc) is 3.43. The molecule has 37 heavy (non-hydrogen) atoms. The number of ether oxygens (including phenoxy) is 2. The van der Waals surface area contributed by atoms with Crippen LogP contribution in [0.3, 0.4) is 0 Å². The molecule has 1 aromatic carbocycles. The van der Waals surface area contributed by atoms with Crippen LogP contribution >= 0.6 is 0 Å². The maximum Gasteiger partial charge on any atom is 0.231 e. The summed E-state index contributed by atoms with van der Waals surface area (Å²) < 4.78 is 24.8. The molecular formula is C27H40FN3O6. The molecule has 0 aliphatic carbocycles. The lowest BCUT2D eigenvalue weighted by atomic mass is 9.96. The van der Waals surface area contributed by atoms with Crippen molar-refractivity contribution in [2.24, 2.45) is 11.7 Å². The first-order valence-electron chi connectivity index (χ1n) is 13.0. The Morgan fingerprint density at radius 3 is 2.41 bits per heavy atom. The SMILES string of the molecule is CC(C)/C(N)=C(\Cc1ccc(CCCC(=O)N2CCCC2)cc1)C(=N)OC1OC(CO)C(F)C(O)C1O. The van der Waals surface area contributed by atoms with Crippen LogP contribution in [0.5, 0.6) is 0 Å². The van der Waals surface area contributed by atoms with Gasteiger partial charge in [-0.15, -0.1) is 0 Å². The molecule has 1 aromatic rings. The van der Waals surface area contributed by atoms with Crippen molar-refractivity contribution in [3.05, 3.63) is 46.7 Å². The number of allylic oxidation sites excluding steroid dienone is 1. The molecule has 0 radical (unpaired) electrons. The Morgan fingerprint density at radius 2 is 1.81 bits per heavy atom. The summed E-state index contributed by atoms with van der Waals surface area (Å²) in [6.45, 7) is 4.77. The van der Waals surface area contributed by atoms with E-state index in [1.807, 2.05) is 43.0 Å². The number of rotatable bonds is 10. The van der Waals surface area contributed by atoms with Gasteiger partial charge < -0.3 is 35.4 Å². The number of alkyl halides is 1. The summed E-state index contributed by atoms with van der Waals surface area (Å²) in [5.41, 5.74) is 9.09. The van der Waals surface area contributed by atoms with Gasteiger partial charge >= 0.3 is 0 Å². The minimum atomic E-state index is -1.98. The lowest BCUT2D eigenvalue weighted by Gasteiger charge is -2.38. The van der Waals surface area contributed by atoms with Crippen LogP contribution in [0.2, 0.25) is 0 Å². The van der Waals surface area contributed by atoms with E-state index in [0.29, 0.717) is 17.7 Å². The second-order valence-electron chi connectivity index (χ2n) is 10.1. The summed E-state index contributed by atoms with van der Waals surface area (Å²) in [6.07, 6.45) is -3.91. The minimum Gasteiger partial charge on any atom is -0.445 e. The number of carbonyl (C=O) groups excluding carboxylic acids is 1. The van der Waals surface area contributed by atoms with E-state index >= 15 is 0 Å². The first-order valence-corrected chi connectivity index (χ1v) is 13.0.